The van der Waals surface area contributed by atoms with Crippen LogP contribution in [0.2, 0.25) is 0 Å². The van der Waals surface area contributed by atoms with Crippen molar-refractivity contribution in [3.05, 3.63) is 83.3 Å². The number of hydrogen-bond donors (Lipinski definition) is 2. The van der Waals surface area contributed by atoms with Crippen molar-refractivity contribution in [2.75, 3.05) is 5.73 Å². The van der Waals surface area contributed by atoms with Crippen molar-refractivity contribution in [2.45, 2.75) is 13.5 Å². The third-order valence-corrected chi connectivity index (χ3v) is 3.74. The SMILES string of the molecule is Cc1ccc(Oc2cccc(CNC(=O)c3ccc(F)nc3N)c2)cc1. The minimum Gasteiger partial charge on any atom is -0.457 e. The molecule has 0 aliphatic rings. The Labute approximate surface area is 150 Å². The number of hydrogen-bond acceptors (Lipinski definition) is 4. The number of benzene rings is 2. The molecule has 132 valence electrons. The predicted octanol–water partition coefficient (Wildman–Crippen LogP) is 3.83. The first-order chi connectivity index (χ1) is 12.5. The van der Waals surface area contributed by atoms with E-state index in [1.54, 1.807) is 0 Å². The molecule has 0 bridgehead atoms. The van der Waals surface area contributed by atoms with Crippen LogP contribution in [0.15, 0.2) is 60.7 Å². The van der Waals surface area contributed by atoms with E-state index in [1.165, 1.54) is 6.07 Å². The number of anilines is 1. The third kappa shape index (κ3) is 4.36. The van der Waals surface area contributed by atoms with Crippen molar-refractivity contribution >= 4 is 11.7 Å². The highest BCUT2D eigenvalue weighted by Gasteiger charge is 2.11. The number of halogens is 1. The maximum atomic E-state index is 13.0. The van der Waals surface area contributed by atoms with Gasteiger partial charge < -0.3 is 15.8 Å². The first-order valence-corrected chi connectivity index (χ1v) is 8.05. The molecule has 0 aliphatic heterocycles. The molecular formula is C20H18FN3O2. The van der Waals surface area contributed by atoms with Gasteiger partial charge in [0.2, 0.25) is 5.95 Å². The number of aryl methyl sites for hydroxylation is 1. The molecule has 0 unspecified atom stereocenters. The second-order valence-electron chi connectivity index (χ2n) is 5.81. The maximum Gasteiger partial charge on any atom is 0.255 e. The molecule has 0 radical (unpaired) electrons. The second kappa shape index (κ2) is 7.65. The fourth-order valence-corrected chi connectivity index (χ4v) is 2.38. The van der Waals surface area contributed by atoms with Crippen molar-refractivity contribution < 1.29 is 13.9 Å². The molecule has 0 atom stereocenters. The summed E-state index contributed by atoms with van der Waals surface area (Å²) in [7, 11) is 0. The Morgan fingerprint density at radius 2 is 1.88 bits per heavy atom. The number of amides is 1. The van der Waals surface area contributed by atoms with E-state index in [9.17, 15) is 9.18 Å². The van der Waals surface area contributed by atoms with Gasteiger partial charge in [-0.1, -0.05) is 29.8 Å². The molecule has 0 fully saturated rings. The fourth-order valence-electron chi connectivity index (χ4n) is 2.38. The molecule has 1 heterocycles. The van der Waals surface area contributed by atoms with E-state index in [4.69, 9.17) is 10.5 Å². The van der Waals surface area contributed by atoms with Gasteiger partial charge in [0.15, 0.2) is 0 Å². The van der Waals surface area contributed by atoms with E-state index in [2.05, 4.69) is 10.3 Å². The number of carbonyl (C=O) groups is 1. The number of ether oxygens (including phenoxy) is 1. The minimum atomic E-state index is -0.722. The average Bonchev–Trinajstić information content (AvgIpc) is 2.62. The topological polar surface area (TPSA) is 77.2 Å². The summed E-state index contributed by atoms with van der Waals surface area (Å²) in [6.07, 6.45) is 0. The molecule has 0 saturated heterocycles. The maximum absolute atomic E-state index is 13.0. The zero-order chi connectivity index (χ0) is 18.5. The van der Waals surface area contributed by atoms with Gasteiger partial charge >= 0.3 is 0 Å². The Bertz CT molecular complexity index is 927. The molecule has 0 aliphatic carbocycles. The van der Waals surface area contributed by atoms with E-state index in [0.29, 0.717) is 5.75 Å². The van der Waals surface area contributed by atoms with Crippen LogP contribution in [0.1, 0.15) is 21.5 Å². The van der Waals surface area contributed by atoms with Crippen molar-refractivity contribution in [3.8, 4) is 11.5 Å². The van der Waals surface area contributed by atoms with E-state index >= 15 is 0 Å². The quantitative estimate of drug-likeness (QED) is 0.685. The van der Waals surface area contributed by atoms with Gasteiger partial charge in [-0.2, -0.15) is 4.39 Å². The van der Waals surface area contributed by atoms with E-state index < -0.39 is 11.9 Å². The highest BCUT2D eigenvalue weighted by Crippen LogP contribution is 2.22. The van der Waals surface area contributed by atoms with Gasteiger partial charge in [0.05, 0.1) is 5.56 Å². The van der Waals surface area contributed by atoms with Crippen LogP contribution in [0, 0.1) is 12.9 Å². The predicted molar refractivity (Wildman–Crippen MR) is 97.5 cm³/mol. The lowest BCUT2D eigenvalue weighted by atomic mass is 10.2. The highest BCUT2D eigenvalue weighted by molar-refractivity contribution is 5.98. The lowest BCUT2D eigenvalue weighted by molar-refractivity contribution is 0.0951. The molecule has 1 amide bonds. The summed E-state index contributed by atoms with van der Waals surface area (Å²) in [6, 6.07) is 17.5. The molecule has 0 saturated carbocycles. The van der Waals surface area contributed by atoms with Gasteiger partial charge in [-0.25, -0.2) is 4.98 Å². The first-order valence-electron chi connectivity index (χ1n) is 8.05. The zero-order valence-corrected chi connectivity index (χ0v) is 14.2. The summed E-state index contributed by atoms with van der Waals surface area (Å²) in [5.41, 5.74) is 7.73. The molecule has 2 aromatic carbocycles. The van der Waals surface area contributed by atoms with Crippen molar-refractivity contribution in [1.29, 1.82) is 0 Å². The van der Waals surface area contributed by atoms with Gasteiger partial charge in [-0.15, -0.1) is 0 Å². The molecular weight excluding hydrogens is 333 g/mol. The first kappa shape index (κ1) is 17.4. The van der Waals surface area contributed by atoms with Gasteiger partial charge in [-0.05, 0) is 48.9 Å². The Balaban J connectivity index is 1.65. The number of nitrogens with two attached hydrogens (primary N) is 1. The smallest absolute Gasteiger partial charge is 0.255 e. The molecule has 5 nitrogen and oxygen atoms in total. The number of nitrogens with zero attached hydrogens (tertiary/aromatic N) is 1. The number of nitrogen functional groups attached to an aromatic ring is 1. The standard InChI is InChI=1S/C20H18FN3O2/c1-13-5-7-15(8-6-13)26-16-4-2-3-14(11-16)12-23-20(25)17-9-10-18(21)24-19(17)22/h2-11H,12H2,1H3,(H2,22,24)(H,23,25). The van der Waals surface area contributed by atoms with Gasteiger partial charge in [0.25, 0.3) is 5.91 Å². The summed E-state index contributed by atoms with van der Waals surface area (Å²) in [4.78, 5) is 15.6. The van der Waals surface area contributed by atoms with Crippen molar-refractivity contribution in [3.63, 3.8) is 0 Å². The van der Waals surface area contributed by atoms with Crippen LogP contribution in [-0.4, -0.2) is 10.9 Å². The van der Waals surface area contributed by atoms with Crippen molar-refractivity contribution in [1.82, 2.24) is 10.3 Å². The highest BCUT2D eigenvalue weighted by atomic mass is 19.1. The van der Waals surface area contributed by atoms with Crippen molar-refractivity contribution in [2.24, 2.45) is 0 Å². The minimum absolute atomic E-state index is 0.137. The van der Waals surface area contributed by atoms with Gasteiger partial charge in [-0.3, -0.25) is 4.79 Å². The Hall–Kier alpha value is -3.41. The lowest BCUT2D eigenvalue weighted by Crippen LogP contribution is -2.24. The summed E-state index contributed by atoms with van der Waals surface area (Å²) in [5.74, 6) is 0.129. The monoisotopic (exact) mass is 351 g/mol. The number of rotatable bonds is 5. The van der Waals surface area contributed by atoms with E-state index in [-0.39, 0.29) is 17.9 Å². The van der Waals surface area contributed by atoms with Crippen LogP contribution in [0.3, 0.4) is 0 Å². The molecule has 0 spiro atoms. The Morgan fingerprint density at radius 1 is 1.12 bits per heavy atom. The fraction of sp³-hybridized carbons (Fsp3) is 0.100. The summed E-state index contributed by atoms with van der Waals surface area (Å²) >= 11 is 0. The van der Waals surface area contributed by atoms with Crippen LogP contribution in [0.5, 0.6) is 11.5 Å². The van der Waals surface area contributed by atoms with Gasteiger partial charge in [0.1, 0.15) is 17.3 Å². The number of nitrogens with one attached hydrogen (secondary N) is 1. The van der Waals surface area contributed by atoms with Crippen LogP contribution in [-0.2, 0) is 6.54 Å². The average molecular weight is 351 g/mol. The van der Waals surface area contributed by atoms with Gasteiger partial charge in [0, 0.05) is 6.54 Å². The van der Waals surface area contributed by atoms with Crippen LogP contribution in [0.4, 0.5) is 10.2 Å². The molecule has 3 rings (SSSR count). The normalized spacial score (nSPS) is 10.4. The third-order valence-electron chi connectivity index (χ3n) is 3.74. The lowest BCUT2D eigenvalue weighted by Gasteiger charge is -2.10. The molecule has 6 heteroatoms. The van der Waals surface area contributed by atoms with Crippen LogP contribution >= 0.6 is 0 Å². The van der Waals surface area contributed by atoms with E-state index in [1.807, 2.05) is 55.5 Å². The number of aromatic nitrogens is 1. The Kier molecular flexibility index (Phi) is 5.12. The largest absolute Gasteiger partial charge is 0.457 e. The molecule has 3 N–H and O–H groups in total. The number of carbonyl (C=O) groups excluding carboxylic acids is 1. The molecule has 26 heavy (non-hydrogen) atoms. The van der Waals surface area contributed by atoms with Crippen LogP contribution < -0.4 is 15.8 Å². The van der Waals surface area contributed by atoms with Crippen LogP contribution in [0.25, 0.3) is 0 Å². The number of pyridine rings is 1. The second-order valence-corrected chi connectivity index (χ2v) is 5.81. The summed E-state index contributed by atoms with van der Waals surface area (Å²) < 4.78 is 18.8. The summed E-state index contributed by atoms with van der Waals surface area (Å²) in [6.45, 7) is 2.29. The zero-order valence-electron chi connectivity index (χ0n) is 14.2. The Morgan fingerprint density at radius 3 is 2.62 bits per heavy atom. The van der Waals surface area contributed by atoms with E-state index in [0.717, 1.165) is 22.9 Å². The summed E-state index contributed by atoms with van der Waals surface area (Å²) in [5, 5.41) is 2.74. The molecule has 1 aromatic heterocycles. The molecule has 3 aromatic rings.